The van der Waals surface area contributed by atoms with Gasteiger partial charge in [0.15, 0.2) is 5.79 Å². The summed E-state index contributed by atoms with van der Waals surface area (Å²) in [4.78, 5) is 0. The van der Waals surface area contributed by atoms with E-state index in [1.54, 1.807) is 0 Å². The molecule has 2 aliphatic rings. The summed E-state index contributed by atoms with van der Waals surface area (Å²) in [6, 6.07) is 0. The molecule has 0 aromatic heterocycles. The topological polar surface area (TPSA) is 18.5 Å². The summed E-state index contributed by atoms with van der Waals surface area (Å²) in [6.07, 6.45) is 4.09. The Bertz CT molecular complexity index is 221. The molecule has 0 aromatic carbocycles. The Morgan fingerprint density at radius 1 is 1.07 bits per heavy atom. The number of allylic oxidation sites excluding steroid dienone is 1. The Labute approximate surface area is 86.3 Å². The number of rotatable bonds is 0. The van der Waals surface area contributed by atoms with Crippen molar-refractivity contribution in [3.63, 3.8) is 0 Å². The van der Waals surface area contributed by atoms with Crippen LogP contribution < -0.4 is 0 Å². The van der Waals surface area contributed by atoms with E-state index in [2.05, 4.69) is 20.4 Å². The normalized spacial score (nSPS) is 30.6. The fourth-order valence-electron chi connectivity index (χ4n) is 2.01. The standard InChI is InChI=1S/C12H20O2/c1-10-4-6-12(7-5-10)13-8-11(2,3)9-14-12/h1,4-9H2,2-3H3. The molecule has 2 fully saturated rings. The van der Waals surface area contributed by atoms with Crippen molar-refractivity contribution >= 4 is 0 Å². The fraction of sp³-hybridized carbons (Fsp3) is 0.833. The molecule has 0 unspecified atom stereocenters. The third-order valence-corrected chi connectivity index (χ3v) is 3.17. The highest BCUT2D eigenvalue weighted by atomic mass is 16.7. The molecule has 1 saturated carbocycles. The van der Waals surface area contributed by atoms with Crippen LogP contribution in [0.1, 0.15) is 39.5 Å². The van der Waals surface area contributed by atoms with E-state index in [0.29, 0.717) is 0 Å². The van der Waals surface area contributed by atoms with E-state index >= 15 is 0 Å². The highest BCUT2D eigenvalue weighted by Crippen LogP contribution is 2.40. The number of ether oxygens (including phenoxy) is 2. The van der Waals surface area contributed by atoms with Crippen molar-refractivity contribution in [3.8, 4) is 0 Å². The second-order valence-electron chi connectivity index (χ2n) is 5.40. The van der Waals surface area contributed by atoms with Crippen LogP contribution in [0.4, 0.5) is 0 Å². The van der Waals surface area contributed by atoms with Gasteiger partial charge in [0.2, 0.25) is 0 Å². The fourth-order valence-corrected chi connectivity index (χ4v) is 2.01. The van der Waals surface area contributed by atoms with Crippen LogP contribution in [0.3, 0.4) is 0 Å². The van der Waals surface area contributed by atoms with Gasteiger partial charge in [-0.05, 0) is 12.8 Å². The van der Waals surface area contributed by atoms with Gasteiger partial charge in [-0.1, -0.05) is 26.0 Å². The minimum Gasteiger partial charge on any atom is -0.349 e. The molecule has 1 aliphatic heterocycles. The molecule has 2 nitrogen and oxygen atoms in total. The molecule has 2 rings (SSSR count). The van der Waals surface area contributed by atoms with Crippen LogP contribution in [0.2, 0.25) is 0 Å². The molecule has 0 amide bonds. The molecule has 1 spiro atoms. The first kappa shape index (κ1) is 10.2. The third-order valence-electron chi connectivity index (χ3n) is 3.17. The Morgan fingerprint density at radius 2 is 1.57 bits per heavy atom. The minimum atomic E-state index is -0.267. The summed E-state index contributed by atoms with van der Waals surface area (Å²) in [7, 11) is 0. The van der Waals surface area contributed by atoms with Crippen molar-refractivity contribution in [1.82, 2.24) is 0 Å². The molecule has 1 saturated heterocycles. The second-order valence-corrected chi connectivity index (χ2v) is 5.40. The number of hydrogen-bond donors (Lipinski definition) is 0. The molecular weight excluding hydrogens is 176 g/mol. The Balaban J connectivity index is 1.96. The summed E-state index contributed by atoms with van der Waals surface area (Å²) in [5.41, 5.74) is 1.52. The van der Waals surface area contributed by atoms with Crippen molar-refractivity contribution in [2.24, 2.45) is 5.41 Å². The van der Waals surface area contributed by atoms with Crippen LogP contribution >= 0.6 is 0 Å². The molecule has 0 bridgehead atoms. The van der Waals surface area contributed by atoms with Gasteiger partial charge < -0.3 is 9.47 Å². The maximum atomic E-state index is 5.91. The van der Waals surface area contributed by atoms with Gasteiger partial charge in [-0.15, -0.1) is 0 Å². The predicted octanol–water partition coefficient (Wildman–Crippen LogP) is 2.89. The van der Waals surface area contributed by atoms with Gasteiger partial charge in [0, 0.05) is 18.3 Å². The van der Waals surface area contributed by atoms with Crippen LogP contribution in [0.15, 0.2) is 12.2 Å². The average Bonchev–Trinajstić information content (AvgIpc) is 2.16. The zero-order valence-corrected chi connectivity index (χ0v) is 9.27. The van der Waals surface area contributed by atoms with E-state index in [-0.39, 0.29) is 11.2 Å². The lowest BCUT2D eigenvalue weighted by molar-refractivity contribution is -0.307. The molecule has 0 radical (unpaired) electrons. The third kappa shape index (κ3) is 2.01. The molecule has 80 valence electrons. The van der Waals surface area contributed by atoms with Gasteiger partial charge in [-0.25, -0.2) is 0 Å². The second kappa shape index (κ2) is 3.35. The highest BCUT2D eigenvalue weighted by Gasteiger charge is 2.41. The Kier molecular flexibility index (Phi) is 2.44. The molecular formula is C12H20O2. The highest BCUT2D eigenvalue weighted by molar-refractivity contribution is 5.02. The summed E-state index contributed by atoms with van der Waals surface area (Å²) < 4.78 is 11.8. The molecule has 1 heterocycles. The zero-order valence-electron chi connectivity index (χ0n) is 9.27. The average molecular weight is 196 g/mol. The van der Waals surface area contributed by atoms with Crippen molar-refractivity contribution < 1.29 is 9.47 Å². The van der Waals surface area contributed by atoms with Gasteiger partial charge in [0.25, 0.3) is 0 Å². The molecule has 0 atom stereocenters. The van der Waals surface area contributed by atoms with Crippen LogP contribution in [0.25, 0.3) is 0 Å². The number of hydrogen-bond acceptors (Lipinski definition) is 2. The summed E-state index contributed by atoms with van der Waals surface area (Å²) in [5, 5.41) is 0. The van der Waals surface area contributed by atoms with Crippen LogP contribution in [-0.4, -0.2) is 19.0 Å². The van der Waals surface area contributed by atoms with E-state index in [1.165, 1.54) is 5.57 Å². The van der Waals surface area contributed by atoms with E-state index in [0.717, 1.165) is 38.9 Å². The Morgan fingerprint density at radius 3 is 2.07 bits per heavy atom. The quantitative estimate of drug-likeness (QED) is 0.555. The van der Waals surface area contributed by atoms with E-state index in [4.69, 9.17) is 9.47 Å². The zero-order chi connectivity index (χ0) is 10.2. The van der Waals surface area contributed by atoms with Crippen molar-refractivity contribution in [3.05, 3.63) is 12.2 Å². The largest absolute Gasteiger partial charge is 0.349 e. The molecule has 14 heavy (non-hydrogen) atoms. The SMILES string of the molecule is C=C1CCC2(CC1)OCC(C)(C)CO2. The van der Waals surface area contributed by atoms with Crippen LogP contribution in [0.5, 0.6) is 0 Å². The monoisotopic (exact) mass is 196 g/mol. The summed E-state index contributed by atoms with van der Waals surface area (Å²) >= 11 is 0. The van der Waals surface area contributed by atoms with Gasteiger partial charge >= 0.3 is 0 Å². The van der Waals surface area contributed by atoms with Gasteiger partial charge in [0.05, 0.1) is 13.2 Å². The van der Waals surface area contributed by atoms with Crippen LogP contribution in [-0.2, 0) is 9.47 Å². The maximum absolute atomic E-state index is 5.91. The lowest BCUT2D eigenvalue weighted by atomic mass is 9.87. The van der Waals surface area contributed by atoms with E-state index in [1.807, 2.05) is 0 Å². The molecule has 0 N–H and O–H groups in total. The van der Waals surface area contributed by atoms with Crippen molar-refractivity contribution in [2.75, 3.05) is 13.2 Å². The van der Waals surface area contributed by atoms with Gasteiger partial charge in [-0.3, -0.25) is 0 Å². The van der Waals surface area contributed by atoms with Gasteiger partial charge in [0.1, 0.15) is 0 Å². The van der Waals surface area contributed by atoms with E-state index in [9.17, 15) is 0 Å². The van der Waals surface area contributed by atoms with Crippen molar-refractivity contribution in [2.45, 2.75) is 45.3 Å². The van der Waals surface area contributed by atoms with E-state index < -0.39 is 0 Å². The summed E-state index contributed by atoms with van der Waals surface area (Å²) in [5.74, 6) is -0.267. The smallest absolute Gasteiger partial charge is 0.168 e. The minimum absolute atomic E-state index is 0.180. The first-order chi connectivity index (χ1) is 6.52. The lowest BCUT2D eigenvalue weighted by Gasteiger charge is -2.45. The molecule has 2 heteroatoms. The van der Waals surface area contributed by atoms with Gasteiger partial charge in [-0.2, -0.15) is 0 Å². The van der Waals surface area contributed by atoms with Crippen molar-refractivity contribution in [1.29, 1.82) is 0 Å². The molecule has 0 aromatic rings. The maximum Gasteiger partial charge on any atom is 0.168 e. The predicted molar refractivity (Wildman–Crippen MR) is 56.0 cm³/mol. The summed E-state index contributed by atoms with van der Waals surface area (Å²) in [6.45, 7) is 10.0. The van der Waals surface area contributed by atoms with Crippen LogP contribution in [0, 0.1) is 5.41 Å². The Hall–Kier alpha value is -0.340. The molecule has 1 aliphatic carbocycles. The first-order valence-corrected chi connectivity index (χ1v) is 5.46. The lowest BCUT2D eigenvalue weighted by Crippen LogP contribution is -2.48. The first-order valence-electron chi connectivity index (χ1n) is 5.46.